The number of amides is 2. The SMILES string of the molecule is COc1cc(-c2cc(C(=O)N3CCCC3)n(C)c2)cc(C(C)NC(=O)C(/C=C(\C)N(C)CCN(C)C)=C(C)C)c1. The Hall–Kier alpha value is -3.52. The zero-order chi connectivity index (χ0) is 29.6. The average Bonchev–Trinajstić information content (AvgIpc) is 3.59. The van der Waals surface area contributed by atoms with Gasteiger partial charge in [-0.05, 0) is 96.1 Å². The van der Waals surface area contributed by atoms with E-state index in [1.165, 1.54) is 0 Å². The van der Waals surface area contributed by atoms with Crippen molar-refractivity contribution < 1.29 is 14.3 Å². The molecule has 1 fully saturated rings. The van der Waals surface area contributed by atoms with Gasteiger partial charge in [-0.25, -0.2) is 0 Å². The molecule has 1 N–H and O–H groups in total. The van der Waals surface area contributed by atoms with E-state index in [4.69, 9.17) is 4.74 Å². The number of nitrogens with one attached hydrogen (secondary N) is 1. The molecule has 218 valence electrons. The zero-order valence-electron chi connectivity index (χ0n) is 25.8. The number of hydrogen-bond acceptors (Lipinski definition) is 5. The summed E-state index contributed by atoms with van der Waals surface area (Å²) < 4.78 is 7.51. The maximum Gasteiger partial charge on any atom is 0.270 e. The number of nitrogens with zero attached hydrogens (tertiary/aromatic N) is 4. The summed E-state index contributed by atoms with van der Waals surface area (Å²) in [5.41, 5.74) is 6.13. The number of ether oxygens (including phenoxy) is 1. The van der Waals surface area contributed by atoms with Gasteiger partial charge >= 0.3 is 0 Å². The van der Waals surface area contributed by atoms with Crippen molar-refractivity contribution in [2.45, 2.75) is 46.6 Å². The third kappa shape index (κ3) is 7.78. The minimum Gasteiger partial charge on any atom is -0.497 e. The first-order chi connectivity index (χ1) is 18.9. The van der Waals surface area contributed by atoms with Crippen molar-refractivity contribution in [2.24, 2.45) is 7.05 Å². The van der Waals surface area contributed by atoms with Gasteiger partial charge in [-0.1, -0.05) is 5.57 Å². The predicted octanol–water partition coefficient (Wildman–Crippen LogP) is 4.85. The molecule has 2 amide bonds. The van der Waals surface area contributed by atoms with Crippen LogP contribution in [0.2, 0.25) is 0 Å². The van der Waals surface area contributed by atoms with Gasteiger partial charge in [0.2, 0.25) is 0 Å². The smallest absolute Gasteiger partial charge is 0.270 e. The van der Waals surface area contributed by atoms with Gasteiger partial charge in [-0.2, -0.15) is 0 Å². The molecule has 1 aliphatic rings. The van der Waals surface area contributed by atoms with Crippen molar-refractivity contribution in [1.82, 2.24) is 24.6 Å². The summed E-state index contributed by atoms with van der Waals surface area (Å²) in [6, 6.07) is 7.67. The zero-order valence-corrected chi connectivity index (χ0v) is 25.8. The molecule has 1 unspecified atom stereocenters. The Kier molecular flexibility index (Phi) is 10.6. The molecule has 2 aromatic rings. The lowest BCUT2D eigenvalue weighted by molar-refractivity contribution is -0.117. The van der Waals surface area contributed by atoms with E-state index in [-0.39, 0.29) is 17.9 Å². The van der Waals surface area contributed by atoms with E-state index < -0.39 is 0 Å². The largest absolute Gasteiger partial charge is 0.497 e. The van der Waals surface area contributed by atoms with E-state index in [1.54, 1.807) is 7.11 Å². The highest BCUT2D eigenvalue weighted by Gasteiger charge is 2.23. The van der Waals surface area contributed by atoms with Gasteiger partial charge in [-0.15, -0.1) is 0 Å². The van der Waals surface area contributed by atoms with Crippen LogP contribution < -0.4 is 10.1 Å². The number of hydrogen-bond donors (Lipinski definition) is 1. The van der Waals surface area contributed by atoms with Crippen LogP contribution in [0.5, 0.6) is 5.75 Å². The van der Waals surface area contributed by atoms with Gasteiger partial charge in [0.1, 0.15) is 11.4 Å². The van der Waals surface area contributed by atoms with Crippen LogP contribution in [0.25, 0.3) is 11.1 Å². The third-order valence-electron chi connectivity index (χ3n) is 7.58. The van der Waals surface area contributed by atoms with E-state index in [2.05, 4.69) is 35.3 Å². The lowest BCUT2D eigenvalue weighted by atomic mass is 10.00. The molecular formula is C32H47N5O3. The van der Waals surface area contributed by atoms with Gasteiger partial charge in [-0.3, -0.25) is 9.59 Å². The van der Waals surface area contributed by atoms with E-state index in [1.807, 2.05) is 81.7 Å². The molecule has 1 aromatic carbocycles. The van der Waals surface area contributed by atoms with Crippen LogP contribution in [0.4, 0.5) is 0 Å². The van der Waals surface area contributed by atoms with Crippen molar-refractivity contribution in [3.8, 4) is 16.9 Å². The first kappa shape index (κ1) is 31.0. The molecule has 1 aromatic heterocycles. The first-order valence-corrected chi connectivity index (χ1v) is 14.1. The van der Waals surface area contributed by atoms with Crippen molar-refractivity contribution >= 4 is 11.8 Å². The lowest BCUT2D eigenvalue weighted by Gasteiger charge is -2.23. The van der Waals surface area contributed by atoms with E-state index in [9.17, 15) is 9.59 Å². The number of benzene rings is 1. The number of likely N-dealkylation sites (tertiary alicyclic amines) is 1. The van der Waals surface area contributed by atoms with Crippen LogP contribution in [-0.2, 0) is 11.8 Å². The van der Waals surface area contributed by atoms with Crippen molar-refractivity contribution in [2.75, 3.05) is 54.4 Å². The molecule has 1 aliphatic heterocycles. The molecule has 0 bridgehead atoms. The summed E-state index contributed by atoms with van der Waals surface area (Å²) in [7, 11) is 9.70. The number of aromatic nitrogens is 1. The van der Waals surface area contributed by atoms with Gasteiger partial charge in [0, 0.05) is 63.3 Å². The number of methoxy groups -OCH3 is 1. The van der Waals surface area contributed by atoms with Gasteiger partial charge in [0.15, 0.2) is 0 Å². The number of allylic oxidation sites excluding steroid dienone is 2. The number of carbonyl (C=O) groups excluding carboxylic acids is 2. The van der Waals surface area contributed by atoms with Gasteiger partial charge in [0.05, 0.1) is 13.2 Å². The molecule has 0 aliphatic carbocycles. The minimum atomic E-state index is -0.259. The molecule has 0 spiro atoms. The second-order valence-corrected chi connectivity index (χ2v) is 11.3. The van der Waals surface area contributed by atoms with Crippen molar-refractivity contribution in [3.05, 3.63) is 64.6 Å². The molecule has 0 radical (unpaired) electrons. The summed E-state index contributed by atoms with van der Waals surface area (Å²) in [4.78, 5) is 32.7. The van der Waals surface area contributed by atoms with Crippen LogP contribution in [-0.4, -0.2) is 85.5 Å². The Morgan fingerprint density at radius 1 is 1.02 bits per heavy atom. The van der Waals surface area contributed by atoms with E-state index >= 15 is 0 Å². The topological polar surface area (TPSA) is 70.0 Å². The lowest BCUT2D eigenvalue weighted by Crippen LogP contribution is -2.30. The molecule has 3 rings (SSSR count). The number of aryl methyl sites for hydroxylation is 1. The monoisotopic (exact) mass is 549 g/mol. The quantitative estimate of drug-likeness (QED) is 0.321. The number of carbonyl (C=O) groups is 2. The Morgan fingerprint density at radius 3 is 2.30 bits per heavy atom. The molecular weight excluding hydrogens is 502 g/mol. The molecule has 8 heteroatoms. The predicted molar refractivity (Wildman–Crippen MR) is 162 cm³/mol. The van der Waals surface area contributed by atoms with E-state index in [0.29, 0.717) is 17.0 Å². The summed E-state index contributed by atoms with van der Waals surface area (Å²) in [6.45, 7) is 11.4. The average molecular weight is 550 g/mol. The second kappa shape index (κ2) is 13.7. The maximum absolute atomic E-state index is 13.4. The molecule has 2 heterocycles. The maximum atomic E-state index is 13.4. The van der Waals surface area contributed by atoms with Crippen LogP contribution in [0.1, 0.15) is 62.6 Å². The fourth-order valence-corrected chi connectivity index (χ4v) is 4.81. The van der Waals surface area contributed by atoms with E-state index in [0.717, 1.165) is 67.0 Å². The standard InChI is InChI=1S/C32H47N5O3/c1-22(2)29(16-23(3)35(7)15-14-34(5)6)31(38)33-24(4)25-17-26(19-28(18-25)40-9)27-20-30(36(8)21-27)32(39)37-12-10-11-13-37/h16-21,24H,10-15H2,1-9H3,(H,33,38)/b23-16+. The second-order valence-electron chi connectivity index (χ2n) is 11.3. The van der Waals surface area contributed by atoms with Crippen LogP contribution >= 0.6 is 0 Å². The summed E-state index contributed by atoms with van der Waals surface area (Å²) in [5, 5.41) is 3.18. The summed E-state index contributed by atoms with van der Waals surface area (Å²) in [6.07, 6.45) is 6.06. The first-order valence-electron chi connectivity index (χ1n) is 14.1. The fourth-order valence-electron chi connectivity index (χ4n) is 4.81. The van der Waals surface area contributed by atoms with Gasteiger partial charge in [0.25, 0.3) is 11.8 Å². The Bertz CT molecular complexity index is 1260. The Morgan fingerprint density at radius 2 is 1.70 bits per heavy atom. The highest BCUT2D eigenvalue weighted by atomic mass is 16.5. The van der Waals surface area contributed by atoms with Crippen LogP contribution in [0.3, 0.4) is 0 Å². The molecule has 40 heavy (non-hydrogen) atoms. The minimum absolute atomic E-state index is 0.0694. The Labute approximate surface area is 240 Å². The summed E-state index contributed by atoms with van der Waals surface area (Å²) >= 11 is 0. The summed E-state index contributed by atoms with van der Waals surface area (Å²) in [5.74, 6) is 0.654. The highest BCUT2D eigenvalue weighted by Crippen LogP contribution is 2.31. The van der Waals surface area contributed by atoms with Crippen LogP contribution in [0.15, 0.2) is 53.4 Å². The van der Waals surface area contributed by atoms with Crippen molar-refractivity contribution in [3.63, 3.8) is 0 Å². The highest BCUT2D eigenvalue weighted by molar-refractivity contribution is 5.97. The van der Waals surface area contributed by atoms with Crippen molar-refractivity contribution in [1.29, 1.82) is 0 Å². The molecule has 0 saturated carbocycles. The molecule has 8 nitrogen and oxygen atoms in total. The Balaban J connectivity index is 1.83. The molecule has 1 atom stereocenters. The number of likely N-dealkylation sites (N-methyl/N-ethyl adjacent to an activating group) is 2. The molecule has 1 saturated heterocycles. The normalized spacial score (nSPS) is 14.3. The van der Waals surface area contributed by atoms with Gasteiger partial charge < -0.3 is 29.3 Å². The van der Waals surface area contributed by atoms with Crippen LogP contribution in [0, 0.1) is 0 Å². The fraction of sp³-hybridized carbons (Fsp3) is 0.500. The number of rotatable bonds is 11. The third-order valence-corrected chi connectivity index (χ3v) is 7.58.